The van der Waals surface area contributed by atoms with Gasteiger partial charge in [0.25, 0.3) is 0 Å². The Labute approximate surface area is 173 Å². The molecule has 1 unspecified atom stereocenters. The van der Waals surface area contributed by atoms with Crippen LogP contribution in [0.25, 0.3) is 11.2 Å². The van der Waals surface area contributed by atoms with Gasteiger partial charge >= 0.3 is 0 Å². The lowest BCUT2D eigenvalue weighted by molar-refractivity contribution is -0.141. The number of nitrogens with zero attached hydrogens (tertiary/aromatic N) is 5. The van der Waals surface area contributed by atoms with E-state index in [2.05, 4.69) is 15.3 Å². The van der Waals surface area contributed by atoms with Crippen molar-refractivity contribution in [3.8, 4) is 0 Å². The van der Waals surface area contributed by atoms with Crippen molar-refractivity contribution in [2.24, 2.45) is 0 Å². The molecule has 158 valence electrons. The predicted octanol–water partition coefficient (Wildman–Crippen LogP) is 0.346. The van der Waals surface area contributed by atoms with E-state index in [4.69, 9.17) is 9.57 Å². The number of benzene rings is 1. The van der Waals surface area contributed by atoms with Crippen molar-refractivity contribution in [2.75, 3.05) is 32.1 Å². The molecular formula is C19H21N5O5S. The molecule has 0 radical (unpaired) electrons. The molecule has 3 heterocycles. The Bertz CT molecular complexity index is 1120. The third-order valence-corrected chi connectivity index (χ3v) is 6.47. The minimum absolute atomic E-state index is 0.0809. The number of hydrogen-bond donors (Lipinski definition) is 0. The highest BCUT2D eigenvalue weighted by Gasteiger charge is 2.26. The molecule has 2 aromatic heterocycles. The highest BCUT2D eigenvalue weighted by molar-refractivity contribution is 7.91. The maximum atomic E-state index is 12.6. The van der Waals surface area contributed by atoms with E-state index in [-0.39, 0.29) is 35.7 Å². The Kier molecular flexibility index (Phi) is 5.91. The minimum atomic E-state index is -3.50. The van der Waals surface area contributed by atoms with Gasteiger partial charge in [-0.3, -0.25) is 4.79 Å². The molecule has 1 amide bonds. The van der Waals surface area contributed by atoms with Crippen molar-refractivity contribution in [2.45, 2.75) is 17.4 Å². The summed E-state index contributed by atoms with van der Waals surface area (Å²) < 4.78 is 30.4. The molecule has 1 saturated heterocycles. The second-order valence-corrected chi connectivity index (χ2v) is 8.93. The van der Waals surface area contributed by atoms with Crippen LogP contribution in [0.5, 0.6) is 0 Å². The standard InChI is InChI=1S/C19H21N5O5S/c25-18(8-12-30(26,27)16-5-2-1-3-6-16)23-10-11-28-15(13-23)14-29-24-19-17(21-22-24)7-4-9-20-19/h1-7,9,15H,8,10-14H2. The Morgan fingerprint density at radius 3 is 2.87 bits per heavy atom. The Balaban J connectivity index is 1.30. The fourth-order valence-electron chi connectivity index (χ4n) is 3.16. The first-order chi connectivity index (χ1) is 14.5. The van der Waals surface area contributed by atoms with Gasteiger partial charge in [0.1, 0.15) is 18.2 Å². The summed E-state index contributed by atoms with van der Waals surface area (Å²) in [5.74, 6) is -0.457. The molecule has 0 N–H and O–H groups in total. The summed E-state index contributed by atoms with van der Waals surface area (Å²) in [5, 5.41) is 7.86. The maximum Gasteiger partial charge on any atom is 0.223 e. The Hall–Kier alpha value is -3.05. The van der Waals surface area contributed by atoms with E-state index in [0.717, 1.165) is 0 Å². The van der Waals surface area contributed by atoms with Gasteiger partial charge in [0.05, 0.1) is 23.8 Å². The molecule has 11 heteroatoms. The lowest BCUT2D eigenvalue weighted by Gasteiger charge is -2.32. The molecule has 3 aromatic rings. The van der Waals surface area contributed by atoms with E-state index in [0.29, 0.717) is 30.9 Å². The maximum absolute atomic E-state index is 12.6. The van der Waals surface area contributed by atoms with Crippen LogP contribution in [0.2, 0.25) is 0 Å². The lowest BCUT2D eigenvalue weighted by Crippen LogP contribution is -2.48. The second-order valence-electron chi connectivity index (χ2n) is 6.82. The zero-order chi connectivity index (χ0) is 21.0. The van der Waals surface area contributed by atoms with Crippen LogP contribution in [-0.2, 0) is 19.4 Å². The highest BCUT2D eigenvalue weighted by Crippen LogP contribution is 2.13. The van der Waals surface area contributed by atoms with Gasteiger partial charge in [0.2, 0.25) is 11.6 Å². The molecule has 1 fully saturated rings. The van der Waals surface area contributed by atoms with Gasteiger partial charge in [-0.05, 0) is 29.5 Å². The average molecular weight is 431 g/mol. The van der Waals surface area contributed by atoms with E-state index >= 15 is 0 Å². The van der Waals surface area contributed by atoms with Crippen molar-refractivity contribution < 1.29 is 22.8 Å². The molecule has 10 nitrogen and oxygen atoms in total. The summed E-state index contributed by atoms with van der Waals surface area (Å²) in [5.41, 5.74) is 1.10. The average Bonchev–Trinajstić information content (AvgIpc) is 3.20. The van der Waals surface area contributed by atoms with E-state index < -0.39 is 9.84 Å². The Morgan fingerprint density at radius 1 is 1.20 bits per heavy atom. The lowest BCUT2D eigenvalue weighted by atomic mass is 10.2. The first kappa shape index (κ1) is 20.2. The normalized spacial score (nSPS) is 17.2. The third-order valence-electron chi connectivity index (χ3n) is 4.74. The number of amides is 1. The monoisotopic (exact) mass is 431 g/mol. The number of pyridine rings is 1. The van der Waals surface area contributed by atoms with Gasteiger partial charge < -0.3 is 14.5 Å². The van der Waals surface area contributed by atoms with E-state index in [1.54, 1.807) is 41.4 Å². The summed E-state index contributed by atoms with van der Waals surface area (Å²) in [4.78, 5) is 25.4. The van der Waals surface area contributed by atoms with Crippen molar-refractivity contribution in [1.29, 1.82) is 0 Å². The number of rotatable bonds is 7. The number of fused-ring (bicyclic) bond motifs is 1. The number of hydrogen-bond acceptors (Lipinski definition) is 8. The van der Waals surface area contributed by atoms with E-state index in [1.165, 1.54) is 17.0 Å². The molecule has 1 atom stereocenters. The SMILES string of the molecule is O=C(CCS(=O)(=O)c1ccccc1)N1CCOC(COn2nnc3cccnc32)C1. The largest absolute Gasteiger partial charge is 0.391 e. The number of ether oxygens (including phenoxy) is 1. The first-order valence-electron chi connectivity index (χ1n) is 9.50. The third kappa shape index (κ3) is 4.57. The molecule has 0 saturated carbocycles. The van der Waals surface area contributed by atoms with Crippen LogP contribution < -0.4 is 4.84 Å². The fraction of sp³-hybridized carbons (Fsp3) is 0.368. The van der Waals surface area contributed by atoms with Crippen LogP contribution in [0.3, 0.4) is 0 Å². The van der Waals surface area contributed by atoms with Crippen LogP contribution in [0, 0.1) is 0 Å². The summed E-state index contributed by atoms with van der Waals surface area (Å²) in [6, 6.07) is 11.7. The van der Waals surface area contributed by atoms with Crippen LogP contribution in [-0.4, -0.2) is 77.5 Å². The quantitative estimate of drug-likeness (QED) is 0.526. The van der Waals surface area contributed by atoms with Crippen LogP contribution in [0.4, 0.5) is 0 Å². The number of carbonyl (C=O) groups excluding carboxylic acids is 1. The van der Waals surface area contributed by atoms with Crippen LogP contribution >= 0.6 is 0 Å². The van der Waals surface area contributed by atoms with Gasteiger partial charge in [-0.2, -0.15) is 0 Å². The minimum Gasteiger partial charge on any atom is -0.391 e. The number of morpholine rings is 1. The number of aromatic nitrogens is 4. The number of sulfone groups is 1. The molecule has 4 rings (SSSR count). The first-order valence-corrected chi connectivity index (χ1v) is 11.1. The smallest absolute Gasteiger partial charge is 0.223 e. The summed E-state index contributed by atoms with van der Waals surface area (Å²) in [6.07, 6.45) is 1.17. The summed E-state index contributed by atoms with van der Waals surface area (Å²) in [7, 11) is -3.50. The molecule has 1 aliphatic rings. The second kappa shape index (κ2) is 8.76. The van der Waals surface area contributed by atoms with Crippen molar-refractivity contribution in [3.05, 3.63) is 48.7 Å². The van der Waals surface area contributed by atoms with Crippen molar-refractivity contribution >= 4 is 26.9 Å². The van der Waals surface area contributed by atoms with E-state index in [9.17, 15) is 13.2 Å². The zero-order valence-electron chi connectivity index (χ0n) is 16.1. The molecule has 1 aromatic carbocycles. The van der Waals surface area contributed by atoms with Gasteiger partial charge in [0.15, 0.2) is 9.84 Å². The summed E-state index contributed by atoms with van der Waals surface area (Å²) >= 11 is 0. The molecule has 0 aliphatic carbocycles. The van der Waals surface area contributed by atoms with Crippen molar-refractivity contribution in [3.63, 3.8) is 0 Å². The van der Waals surface area contributed by atoms with Crippen molar-refractivity contribution in [1.82, 2.24) is 25.0 Å². The topological polar surface area (TPSA) is 117 Å². The van der Waals surface area contributed by atoms with Gasteiger partial charge in [-0.1, -0.05) is 23.0 Å². The van der Waals surface area contributed by atoms with Crippen LogP contribution in [0.1, 0.15) is 6.42 Å². The highest BCUT2D eigenvalue weighted by atomic mass is 32.2. The molecule has 0 spiro atoms. The molecule has 0 bridgehead atoms. The van der Waals surface area contributed by atoms with Gasteiger partial charge in [-0.25, -0.2) is 13.4 Å². The van der Waals surface area contributed by atoms with Crippen LogP contribution in [0.15, 0.2) is 53.6 Å². The predicted molar refractivity (Wildman–Crippen MR) is 106 cm³/mol. The van der Waals surface area contributed by atoms with Gasteiger partial charge in [-0.15, -0.1) is 5.10 Å². The Morgan fingerprint density at radius 2 is 2.03 bits per heavy atom. The summed E-state index contributed by atoms with van der Waals surface area (Å²) in [6.45, 7) is 1.22. The molecule has 30 heavy (non-hydrogen) atoms. The molecular weight excluding hydrogens is 410 g/mol. The number of carbonyl (C=O) groups is 1. The molecule has 1 aliphatic heterocycles. The van der Waals surface area contributed by atoms with Gasteiger partial charge in [0, 0.05) is 19.2 Å². The van der Waals surface area contributed by atoms with E-state index in [1.807, 2.05) is 0 Å². The zero-order valence-corrected chi connectivity index (χ0v) is 16.9. The fourth-order valence-corrected chi connectivity index (χ4v) is 4.41.